The maximum absolute atomic E-state index is 11.1. The quantitative estimate of drug-likeness (QED) is 0.769. The Bertz CT molecular complexity index is 372. The second kappa shape index (κ2) is 5.75. The van der Waals surface area contributed by atoms with Gasteiger partial charge in [0.2, 0.25) is 5.91 Å². The molecule has 16 heavy (non-hydrogen) atoms. The summed E-state index contributed by atoms with van der Waals surface area (Å²) in [6.07, 6.45) is 0.406. The molecule has 0 aliphatic carbocycles. The second-order valence-corrected chi connectivity index (χ2v) is 3.09. The van der Waals surface area contributed by atoms with Crippen molar-refractivity contribution in [3.63, 3.8) is 0 Å². The van der Waals surface area contributed by atoms with Crippen molar-refractivity contribution in [3.05, 3.63) is 24.3 Å². The van der Waals surface area contributed by atoms with E-state index >= 15 is 0 Å². The van der Waals surface area contributed by atoms with Gasteiger partial charge in [-0.1, -0.05) is 6.92 Å². The van der Waals surface area contributed by atoms with Gasteiger partial charge in [0.1, 0.15) is 12.4 Å². The Balaban J connectivity index is 2.54. The fourth-order valence-corrected chi connectivity index (χ4v) is 1.03. The molecule has 1 rings (SSSR count). The zero-order valence-corrected chi connectivity index (χ0v) is 8.86. The molecular formula is C11H12NO4-. The summed E-state index contributed by atoms with van der Waals surface area (Å²) in [5.74, 6) is -0.939. The maximum atomic E-state index is 11.1. The van der Waals surface area contributed by atoms with E-state index in [2.05, 4.69) is 5.32 Å². The van der Waals surface area contributed by atoms with Crippen molar-refractivity contribution in [2.45, 2.75) is 13.3 Å². The predicted molar refractivity (Wildman–Crippen MR) is 55.9 cm³/mol. The summed E-state index contributed by atoms with van der Waals surface area (Å²) in [6, 6.07) is 6.43. The summed E-state index contributed by atoms with van der Waals surface area (Å²) in [5.41, 5.74) is 0.646. The van der Waals surface area contributed by atoms with Crippen LogP contribution in [0.3, 0.4) is 0 Å². The van der Waals surface area contributed by atoms with Crippen molar-refractivity contribution in [1.29, 1.82) is 0 Å². The Hall–Kier alpha value is -2.04. The average molecular weight is 222 g/mol. The molecule has 0 atom stereocenters. The molecule has 0 heterocycles. The van der Waals surface area contributed by atoms with Crippen LogP contribution in [0.2, 0.25) is 0 Å². The van der Waals surface area contributed by atoms with Gasteiger partial charge in [-0.25, -0.2) is 0 Å². The Morgan fingerprint density at radius 1 is 1.31 bits per heavy atom. The third-order valence-corrected chi connectivity index (χ3v) is 1.82. The lowest BCUT2D eigenvalue weighted by Gasteiger charge is -2.08. The number of anilines is 1. The number of nitrogens with one attached hydrogen (secondary N) is 1. The zero-order valence-electron chi connectivity index (χ0n) is 8.86. The van der Waals surface area contributed by atoms with Gasteiger partial charge in [0, 0.05) is 12.1 Å². The number of carboxylic acid groups (broad SMARTS) is 1. The Morgan fingerprint density at radius 2 is 1.94 bits per heavy atom. The molecule has 1 amide bonds. The molecule has 0 radical (unpaired) electrons. The van der Waals surface area contributed by atoms with E-state index in [1.807, 2.05) is 0 Å². The Kier molecular flexibility index (Phi) is 4.32. The molecule has 1 aromatic carbocycles. The lowest BCUT2D eigenvalue weighted by Crippen LogP contribution is -2.28. The third-order valence-electron chi connectivity index (χ3n) is 1.82. The minimum absolute atomic E-state index is 0.0802. The monoisotopic (exact) mass is 222 g/mol. The predicted octanol–water partition coefficient (Wildman–Crippen LogP) is 0.164. The first kappa shape index (κ1) is 12.0. The molecule has 0 spiro atoms. The zero-order chi connectivity index (χ0) is 12.0. The standard InChI is InChI=1S/C11H13NO4/c1-2-10(13)12-8-3-5-9(6-4-8)16-7-11(14)15/h3-6H,2,7H2,1H3,(H,12,13)(H,14,15)/p-1. The molecule has 0 aliphatic rings. The van der Waals surface area contributed by atoms with Gasteiger partial charge in [0.15, 0.2) is 0 Å². The molecule has 5 heteroatoms. The number of aliphatic carboxylic acids is 1. The van der Waals surface area contributed by atoms with Crippen LogP contribution in [0, 0.1) is 0 Å². The van der Waals surface area contributed by atoms with Crippen molar-refractivity contribution in [2.75, 3.05) is 11.9 Å². The van der Waals surface area contributed by atoms with Gasteiger partial charge >= 0.3 is 0 Å². The third kappa shape index (κ3) is 4.00. The number of carbonyl (C=O) groups is 2. The molecule has 5 nitrogen and oxygen atoms in total. The topological polar surface area (TPSA) is 78.5 Å². The highest BCUT2D eigenvalue weighted by molar-refractivity contribution is 5.90. The van der Waals surface area contributed by atoms with Gasteiger partial charge < -0.3 is 20.0 Å². The van der Waals surface area contributed by atoms with Crippen molar-refractivity contribution in [2.24, 2.45) is 0 Å². The molecule has 0 aliphatic heterocycles. The first-order chi connectivity index (χ1) is 7.61. The smallest absolute Gasteiger partial charge is 0.224 e. The van der Waals surface area contributed by atoms with E-state index in [0.717, 1.165) is 0 Å². The summed E-state index contributed by atoms with van der Waals surface area (Å²) >= 11 is 0. The first-order valence-corrected chi connectivity index (χ1v) is 4.84. The lowest BCUT2D eigenvalue weighted by atomic mass is 10.3. The number of carbonyl (C=O) groups excluding carboxylic acids is 2. The molecule has 0 unspecified atom stereocenters. The van der Waals surface area contributed by atoms with E-state index in [-0.39, 0.29) is 5.91 Å². The molecular weight excluding hydrogens is 210 g/mol. The van der Waals surface area contributed by atoms with Crippen LogP contribution in [0.1, 0.15) is 13.3 Å². The Labute approximate surface area is 93.0 Å². The lowest BCUT2D eigenvalue weighted by molar-refractivity contribution is -0.307. The van der Waals surface area contributed by atoms with Crippen LogP contribution in [0.4, 0.5) is 5.69 Å². The average Bonchev–Trinajstić information content (AvgIpc) is 2.28. The molecule has 0 aromatic heterocycles. The fourth-order valence-electron chi connectivity index (χ4n) is 1.03. The van der Waals surface area contributed by atoms with Crippen molar-refractivity contribution in [1.82, 2.24) is 0 Å². The summed E-state index contributed by atoms with van der Waals surface area (Å²) in [5, 5.41) is 12.8. The number of rotatable bonds is 5. The number of hydrogen-bond acceptors (Lipinski definition) is 4. The van der Waals surface area contributed by atoms with Crippen LogP contribution < -0.4 is 15.2 Å². The summed E-state index contributed by atoms with van der Waals surface area (Å²) < 4.78 is 4.88. The van der Waals surface area contributed by atoms with Crippen LogP contribution in [0.25, 0.3) is 0 Å². The van der Waals surface area contributed by atoms with Crippen LogP contribution in [0.15, 0.2) is 24.3 Å². The summed E-state index contributed by atoms with van der Waals surface area (Å²) in [6.45, 7) is 1.27. The van der Waals surface area contributed by atoms with Crippen molar-refractivity contribution < 1.29 is 19.4 Å². The first-order valence-electron chi connectivity index (χ1n) is 4.84. The van der Waals surface area contributed by atoms with E-state index in [9.17, 15) is 14.7 Å². The van der Waals surface area contributed by atoms with Gasteiger partial charge in [-0.2, -0.15) is 0 Å². The molecule has 1 N–H and O–H groups in total. The van der Waals surface area contributed by atoms with Gasteiger partial charge in [0.05, 0.1) is 5.97 Å². The highest BCUT2D eigenvalue weighted by Gasteiger charge is 1.99. The summed E-state index contributed by atoms with van der Waals surface area (Å²) in [7, 11) is 0. The van der Waals surface area contributed by atoms with Crippen molar-refractivity contribution >= 4 is 17.6 Å². The van der Waals surface area contributed by atoms with Crippen LogP contribution in [-0.4, -0.2) is 18.5 Å². The van der Waals surface area contributed by atoms with Crippen LogP contribution >= 0.6 is 0 Å². The van der Waals surface area contributed by atoms with Gasteiger partial charge in [0.25, 0.3) is 0 Å². The number of benzene rings is 1. The molecule has 0 saturated carbocycles. The molecule has 0 fully saturated rings. The highest BCUT2D eigenvalue weighted by Crippen LogP contribution is 2.15. The highest BCUT2D eigenvalue weighted by atomic mass is 16.5. The molecule has 0 bridgehead atoms. The second-order valence-electron chi connectivity index (χ2n) is 3.09. The van der Waals surface area contributed by atoms with E-state index in [0.29, 0.717) is 17.9 Å². The Morgan fingerprint density at radius 3 is 2.44 bits per heavy atom. The molecule has 1 aromatic rings. The van der Waals surface area contributed by atoms with E-state index in [1.54, 1.807) is 31.2 Å². The van der Waals surface area contributed by atoms with Gasteiger partial charge in [-0.15, -0.1) is 0 Å². The SMILES string of the molecule is CCC(=O)Nc1ccc(OCC(=O)[O-])cc1. The largest absolute Gasteiger partial charge is 0.546 e. The number of hydrogen-bond donors (Lipinski definition) is 1. The van der Waals surface area contributed by atoms with E-state index in [4.69, 9.17) is 4.74 Å². The number of amides is 1. The minimum atomic E-state index is -1.27. The minimum Gasteiger partial charge on any atom is -0.546 e. The normalized spacial score (nSPS) is 9.56. The van der Waals surface area contributed by atoms with E-state index in [1.165, 1.54) is 0 Å². The number of ether oxygens (including phenoxy) is 1. The maximum Gasteiger partial charge on any atom is 0.224 e. The number of carboxylic acids is 1. The van der Waals surface area contributed by atoms with Gasteiger partial charge in [-0.3, -0.25) is 4.79 Å². The summed E-state index contributed by atoms with van der Waals surface area (Å²) in [4.78, 5) is 21.2. The van der Waals surface area contributed by atoms with Crippen molar-refractivity contribution in [3.8, 4) is 5.75 Å². The fraction of sp³-hybridized carbons (Fsp3) is 0.273. The van der Waals surface area contributed by atoms with Crippen LogP contribution in [0.5, 0.6) is 5.75 Å². The van der Waals surface area contributed by atoms with Crippen LogP contribution in [-0.2, 0) is 9.59 Å². The molecule has 86 valence electrons. The van der Waals surface area contributed by atoms with Gasteiger partial charge in [-0.05, 0) is 24.3 Å². The van der Waals surface area contributed by atoms with E-state index < -0.39 is 12.6 Å². The molecule has 0 saturated heterocycles.